The van der Waals surface area contributed by atoms with Crippen LogP contribution in [0.5, 0.6) is 11.5 Å². The largest absolute Gasteiger partial charge is 0.454 e. The summed E-state index contributed by atoms with van der Waals surface area (Å²) in [6, 6.07) is 5.12. The molecule has 2 aliphatic heterocycles. The molecule has 1 saturated heterocycles. The second kappa shape index (κ2) is 9.37. The highest BCUT2D eigenvalue weighted by molar-refractivity contribution is 7.22. The number of amides is 1. The Morgan fingerprint density at radius 2 is 1.94 bits per heavy atom. The molecule has 0 saturated carbocycles. The number of benzene rings is 1. The minimum Gasteiger partial charge on any atom is -0.454 e. The number of nitrogens with zero attached hydrogens (tertiary/aromatic N) is 4. The van der Waals surface area contributed by atoms with Crippen molar-refractivity contribution in [1.82, 2.24) is 19.4 Å². The monoisotopic (exact) mass is 499 g/mol. The van der Waals surface area contributed by atoms with Crippen LogP contribution in [0, 0.1) is 5.92 Å². The molecule has 0 radical (unpaired) electrons. The predicted octanol–water partition coefficient (Wildman–Crippen LogP) is 2.48. The summed E-state index contributed by atoms with van der Waals surface area (Å²) in [6.45, 7) is 7.75. The molecule has 5 rings (SSSR count). The number of nitrogens with one attached hydrogen (secondary N) is 1. The van der Waals surface area contributed by atoms with E-state index in [4.69, 9.17) is 9.47 Å². The standard InChI is InChI=1S/C24H29N5O5S/c1-14(2)29-22(31)20-21(26-23(35-20)27-8-6-15(3)7-9-27)28(24(29)32)12-19(30)25-11-16-4-5-17-18(10-16)34-13-33-17/h4-5,10,14-15H,6-9,11-13H2,1-3H3,(H,25,30). The van der Waals surface area contributed by atoms with Crippen LogP contribution < -0.4 is 30.9 Å². The number of carbonyl (C=O) groups is 1. The molecule has 2 aromatic heterocycles. The molecule has 1 fully saturated rings. The summed E-state index contributed by atoms with van der Waals surface area (Å²) in [5.74, 6) is 1.63. The third-order valence-corrected chi connectivity index (χ3v) is 7.60. The van der Waals surface area contributed by atoms with Gasteiger partial charge in [0.25, 0.3) is 5.56 Å². The molecule has 11 heteroatoms. The van der Waals surface area contributed by atoms with Crippen molar-refractivity contribution >= 4 is 32.7 Å². The minimum absolute atomic E-state index is 0.182. The first-order valence-electron chi connectivity index (χ1n) is 11.9. The highest BCUT2D eigenvalue weighted by Crippen LogP contribution is 2.32. The lowest BCUT2D eigenvalue weighted by molar-refractivity contribution is -0.121. The Morgan fingerprint density at radius 1 is 1.20 bits per heavy atom. The number of hydrogen-bond donors (Lipinski definition) is 1. The van der Waals surface area contributed by atoms with Gasteiger partial charge < -0.3 is 19.7 Å². The summed E-state index contributed by atoms with van der Waals surface area (Å²) in [6.07, 6.45) is 2.11. The third kappa shape index (κ3) is 4.52. The molecule has 0 atom stereocenters. The van der Waals surface area contributed by atoms with Gasteiger partial charge in [-0.05, 0) is 50.3 Å². The molecular weight excluding hydrogens is 470 g/mol. The van der Waals surface area contributed by atoms with E-state index in [1.54, 1.807) is 19.9 Å². The molecule has 1 amide bonds. The Labute approximate surface area is 206 Å². The lowest BCUT2D eigenvalue weighted by atomic mass is 10.00. The van der Waals surface area contributed by atoms with E-state index in [0.717, 1.165) is 36.6 Å². The molecule has 35 heavy (non-hydrogen) atoms. The molecule has 1 aromatic carbocycles. The first-order valence-corrected chi connectivity index (χ1v) is 12.7. The fraction of sp³-hybridized carbons (Fsp3) is 0.500. The number of carbonyl (C=O) groups excluding carboxylic acids is 1. The summed E-state index contributed by atoms with van der Waals surface area (Å²) in [7, 11) is 0. The fourth-order valence-electron chi connectivity index (χ4n) is 4.42. The maximum atomic E-state index is 13.3. The van der Waals surface area contributed by atoms with Gasteiger partial charge in [-0.15, -0.1) is 0 Å². The number of aromatic nitrogens is 3. The van der Waals surface area contributed by atoms with Gasteiger partial charge in [0.1, 0.15) is 11.2 Å². The number of rotatable bonds is 6. The van der Waals surface area contributed by atoms with Crippen LogP contribution in [0.2, 0.25) is 0 Å². The molecule has 4 heterocycles. The van der Waals surface area contributed by atoms with Gasteiger partial charge in [0.2, 0.25) is 12.7 Å². The molecule has 10 nitrogen and oxygen atoms in total. The second-order valence-corrected chi connectivity index (χ2v) is 10.4. The molecule has 0 aliphatic carbocycles. The first-order chi connectivity index (χ1) is 16.8. The Kier molecular flexibility index (Phi) is 6.26. The zero-order valence-electron chi connectivity index (χ0n) is 20.1. The van der Waals surface area contributed by atoms with Crippen molar-refractivity contribution in [2.45, 2.75) is 52.7 Å². The number of anilines is 1. The van der Waals surface area contributed by atoms with Crippen molar-refractivity contribution in [1.29, 1.82) is 0 Å². The molecule has 3 aromatic rings. The number of fused-ring (bicyclic) bond motifs is 2. The number of thiazole rings is 1. The van der Waals surface area contributed by atoms with Gasteiger partial charge in [-0.25, -0.2) is 9.78 Å². The van der Waals surface area contributed by atoms with E-state index >= 15 is 0 Å². The van der Waals surface area contributed by atoms with E-state index in [0.29, 0.717) is 22.1 Å². The van der Waals surface area contributed by atoms with Gasteiger partial charge in [0.05, 0.1) is 0 Å². The molecule has 2 aliphatic rings. The molecule has 186 valence electrons. The molecule has 1 N–H and O–H groups in total. The van der Waals surface area contributed by atoms with E-state index in [1.165, 1.54) is 20.5 Å². The van der Waals surface area contributed by atoms with Crippen molar-refractivity contribution in [2.75, 3.05) is 24.8 Å². The van der Waals surface area contributed by atoms with Crippen LogP contribution in [-0.2, 0) is 17.9 Å². The maximum Gasteiger partial charge on any atom is 0.333 e. The Hall–Kier alpha value is -3.34. The normalized spacial score (nSPS) is 15.8. The predicted molar refractivity (Wildman–Crippen MR) is 134 cm³/mol. The summed E-state index contributed by atoms with van der Waals surface area (Å²) < 4.78 is 13.6. The van der Waals surface area contributed by atoms with Gasteiger partial charge in [-0.3, -0.25) is 18.7 Å². The average molecular weight is 500 g/mol. The minimum atomic E-state index is -0.528. The number of ether oxygens (including phenoxy) is 2. The summed E-state index contributed by atoms with van der Waals surface area (Å²) in [4.78, 5) is 46.2. The zero-order chi connectivity index (χ0) is 24.7. The van der Waals surface area contributed by atoms with Crippen molar-refractivity contribution in [3.63, 3.8) is 0 Å². The van der Waals surface area contributed by atoms with E-state index in [9.17, 15) is 14.4 Å². The molecule has 0 unspecified atom stereocenters. The quantitative estimate of drug-likeness (QED) is 0.555. The highest BCUT2D eigenvalue weighted by Gasteiger charge is 2.24. The van der Waals surface area contributed by atoms with E-state index in [2.05, 4.69) is 22.1 Å². The van der Waals surface area contributed by atoms with Crippen molar-refractivity contribution in [2.24, 2.45) is 5.92 Å². The van der Waals surface area contributed by atoms with Crippen molar-refractivity contribution in [3.05, 3.63) is 44.6 Å². The topological polar surface area (TPSA) is 108 Å². The van der Waals surface area contributed by atoms with E-state index in [1.807, 2.05) is 12.1 Å². The summed E-state index contributed by atoms with van der Waals surface area (Å²) >= 11 is 1.30. The Bertz CT molecular complexity index is 1380. The van der Waals surface area contributed by atoms with Crippen LogP contribution in [-0.4, -0.2) is 39.9 Å². The van der Waals surface area contributed by atoms with Gasteiger partial charge in [-0.1, -0.05) is 24.3 Å². The maximum absolute atomic E-state index is 13.3. The molecular formula is C24H29N5O5S. The Morgan fingerprint density at radius 3 is 2.69 bits per heavy atom. The third-order valence-electron chi connectivity index (χ3n) is 6.50. The van der Waals surface area contributed by atoms with Gasteiger partial charge in [0, 0.05) is 25.7 Å². The fourth-order valence-corrected chi connectivity index (χ4v) is 5.48. The lowest BCUT2D eigenvalue weighted by Gasteiger charge is -2.29. The van der Waals surface area contributed by atoms with Crippen LogP contribution in [0.15, 0.2) is 27.8 Å². The number of piperidine rings is 1. The van der Waals surface area contributed by atoms with Crippen molar-refractivity contribution in [3.8, 4) is 11.5 Å². The van der Waals surface area contributed by atoms with E-state index < -0.39 is 5.69 Å². The first kappa shape index (κ1) is 23.4. The lowest BCUT2D eigenvalue weighted by Crippen LogP contribution is -2.43. The van der Waals surface area contributed by atoms with E-state index in [-0.39, 0.29) is 43.0 Å². The molecule has 0 bridgehead atoms. The van der Waals surface area contributed by atoms with Crippen LogP contribution in [0.25, 0.3) is 10.3 Å². The van der Waals surface area contributed by atoms with Crippen LogP contribution in [0.1, 0.15) is 45.2 Å². The number of hydrogen-bond acceptors (Lipinski definition) is 8. The Balaban J connectivity index is 1.43. The van der Waals surface area contributed by atoms with Crippen LogP contribution in [0.3, 0.4) is 0 Å². The zero-order valence-corrected chi connectivity index (χ0v) is 20.9. The molecule has 0 spiro atoms. The highest BCUT2D eigenvalue weighted by atomic mass is 32.1. The SMILES string of the molecule is CC1CCN(c2nc3c(s2)c(=O)n(C(C)C)c(=O)n3CC(=O)NCc2ccc3c(c2)OCO3)CC1. The van der Waals surface area contributed by atoms with Gasteiger partial charge in [0.15, 0.2) is 22.3 Å². The average Bonchev–Trinajstić information content (AvgIpc) is 3.48. The smallest absolute Gasteiger partial charge is 0.333 e. The van der Waals surface area contributed by atoms with Crippen LogP contribution in [0.4, 0.5) is 5.13 Å². The van der Waals surface area contributed by atoms with Crippen molar-refractivity contribution < 1.29 is 14.3 Å². The van der Waals surface area contributed by atoms with Gasteiger partial charge >= 0.3 is 5.69 Å². The van der Waals surface area contributed by atoms with Crippen LogP contribution >= 0.6 is 11.3 Å². The second-order valence-electron chi connectivity index (χ2n) is 9.42. The van der Waals surface area contributed by atoms with Gasteiger partial charge in [-0.2, -0.15) is 0 Å². The summed E-state index contributed by atoms with van der Waals surface area (Å²) in [5, 5.41) is 3.57. The summed E-state index contributed by atoms with van der Waals surface area (Å²) in [5.41, 5.74) is 0.238.